The summed E-state index contributed by atoms with van der Waals surface area (Å²) >= 11 is 0. The molecule has 2 aromatic carbocycles. The summed E-state index contributed by atoms with van der Waals surface area (Å²) in [6, 6.07) is 12.3. The molecule has 0 unspecified atom stereocenters. The predicted octanol–water partition coefficient (Wildman–Crippen LogP) is 2.18. The first-order valence-electron chi connectivity index (χ1n) is 7.51. The fourth-order valence-electron chi connectivity index (χ4n) is 2.64. The van der Waals surface area contributed by atoms with E-state index in [9.17, 15) is 9.59 Å². The van der Waals surface area contributed by atoms with Crippen molar-refractivity contribution in [2.75, 3.05) is 0 Å². The first-order chi connectivity index (χ1) is 11.5. The first-order valence-corrected chi connectivity index (χ1v) is 7.51. The molecule has 0 radical (unpaired) electrons. The Balaban J connectivity index is 2.01. The number of nitrogens with zero attached hydrogens (tertiary/aromatic N) is 2. The van der Waals surface area contributed by atoms with Gasteiger partial charge in [0.05, 0.1) is 17.4 Å². The van der Waals surface area contributed by atoms with E-state index in [4.69, 9.17) is 5.21 Å². The third-order valence-electron chi connectivity index (χ3n) is 3.96. The predicted molar refractivity (Wildman–Crippen MR) is 90.3 cm³/mol. The van der Waals surface area contributed by atoms with E-state index in [-0.39, 0.29) is 5.56 Å². The second-order valence-corrected chi connectivity index (χ2v) is 5.71. The van der Waals surface area contributed by atoms with Gasteiger partial charge >= 0.3 is 0 Å². The highest BCUT2D eigenvalue weighted by atomic mass is 16.5. The summed E-state index contributed by atoms with van der Waals surface area (Å²) in [4.78, 5) is 28.6. The summed E-state index contributed by atoms with van der Waals surface area (Å²) in [5.74, 6) is 0.0614. The molecule has 1 heterocycles. The Hall–Kier alpha value is -2.99. The molecule has 0 fully saturated rings. The fraction of sp³-hybridized carbons (Fsp3) is 0.167. The maximum absolute atomic E-state index is 12.8. The van der Waals surface area contributed by atoms with Gasteiger partial charge in [0.15, 0.2) is 0 Å². The first kappa shape index (κ1) is 15.9. The Labute approximate surface area is 138 Å². The number of amides is 1. The quantitative estimate of drug-likeness (QED) is 0.571. The number of rotatable bonds is 3. The van der Waals surface area contributed by atoms with Crippen molar-refractivity contribution in [2.45, 2.75) is 20.4 Å². The van der Waals surface area contributed by atoms with Crippen molar-refractivity contribution in [3.8, 4) is 0 Å². The van der Waals surface area contributed by atoms with Gasteiger partial charge in [-0.2, -0.15) is 0 Å². The highest BCUT2D eigenvalue weighted by molar-refractivity contribution is 5.93. The molecule has 3 rings (SSSR count). The van der Waals surface area contributed by atoms with Crippen molar-refractivity contribution < 1.29 is 10.0 Å². The van der Waals surface area contributed by atoms with Gasteiger partial charge in [0.25, 0.3) is 11.5 Å². The summed E-state index contributed by atoms with van der Waals surface area (Å²) in [7, 11) is 0. The standard InChI is InChI=1S/C18H17N3O3/c1-11-3-8-16-15(9-11)18(23)21(12(2)19-16)10-13-4-6-14(7-5-13)17(22)20-24/h3-9,24H,10H2,1-2H3,(H,20,22). The minimum Gasteiger partial charge on any atom is -0.292 e. The van der Waals surface area contributed by atoms with Gasteiger partial charge in [0.1, 0.15) is 5.82 Å². The third-order valence-corrected chi connectivity index (χ3v) is 3.96. The zero-order chi connectivity index (χ0) is 17.3. The van der Waals surface area contributed by atoms with Gasteiger partial charge < -0.3 is 0 Å². The Morgan fingerprint density at radius 1 is 1.17 bits per heavy atom. The van der Waals surface area contributed by atoms with E-state index in [1.54, 1.807) is 41.2 Å². The van der Waals surface area contributed by atoms with Crippen molar-refractivity contribution in [1.82, 2.24) is 15.0 Å². The van der Waals surface area contributed by atoms with E-state index < -0.39 is 5.91 Å². The van der Waals surface area contributed by atoms with Crippen molar-refractivity contribution in [3.63, 3.8) is 0 Å². The number of fused-ring (bicyclic) bond motifs is 1. The highest BCUT2D eigenvalue weighted by Gasteiger charge is 2.10. The maximum Gasteiger partial charge on any atom is 0.274 e. The van der Waals surface area contributed by atoms with Gasteiger partial charge in [-0.3, -0.25) is 19.4 Å². The Morgan fingerprint density at radius 2 is 1.88 bits per heavy atom. The number of hydroxylamine groups is 1. The fourth-order valence-corrected chi connectivity index (χ4v) is 2.64. The van der Waals surface area contributed by atoms with Crippen LogP contribution < -0.4 is 11.0 Å². The number of nitrogens with one attached hydrogen (secondary N) is 1. The van der Waals surface area contributed by atoms with E-state index in [0.29, 0.717) is 28.8 Å². The summed E-state index contributed by atoms with van der Waals surface area (Å²) in [5, 5.41) is 9.23. The van der Waals surface area contributed by atoms with Crippen LogP contribution in [-0.2, 0) is 6.54 Å². The molecule has 1 amide bonds. The molecule has 0 atom stereocenters. The molecule has 6 nitrogen and oxygen atoms in total. The van der Waals surface area contributed by atoms with Gasteiger partial charge in [-0.05, 0) is 43.7 Å². The molecule has 3 aromatic rings. The van der Waals surface area contributed by atoms with Gasteiger partial charge in [0, 0.05) is 5.56 Å². The number of carbonyl (C=O) groups excluding carboxylic acids is 1. The molecular weight excluding hydrogens is 306 g/mol. The van der Waals surface area contributed by atoms with Gasteiger partial charge in [0.2, 0.25) is 0 Å². The van der Waals surface area contributed by atoms with E-state index in [2.05, 4.69) is 4.98 Å². The van der Waals surface area contributed by atoms with Crippen LogP contribution in [0, 0.1) is 13.8 Å². The lowest BCUT2D eigenvalue weighted by molar-refractivity contribution is 0.0706. The summed E-state index contributed by atoms with van der Waals surface area (Å²) < 4.78 is 1.61. The summed E-state index contributed by atoms with van der Waals surface area (Å²) in [5.41, 5.74) is 4.41. The van der Waals surface area contributed by atoms with Crippen LogP contribution >= 0.6 is 0 Å². The Kier molecular flexibility index (Phi) is 4.14. The van der Waals surface area contributed by atoms with E-state index in [1.165, 1.54) is 0 Å². The number of hydrogen-bond donors (Lipinski definition) is 2. The van der Waals surface area contributed by atoms with Crippen LogP contribution in [0.5, 0.6) is 0 Å². The second kappa shape index (κ2) is 6.25. The van der Waals surface area contributed by atoms with Crippen LogP contribution in [0.2, 0.25) is 0 Å². The third kappa shape index (κ3) is 2.91. The van der Waals surface area contributed by atoms with Crippen LogP contribution in [0.4, 0.5) is 0 Å². The molecule has 0 bridgehead atoms. The van der Waals surface area contributed by atoms with Crippen LogP contribution in [-0.4, -0.2) is 20.7 Å². The van der Waals surface area contributed by atoms with Crippen LogP contribution in [0.15, 0.2) is 47.3 Å². The zero-order valence-corrected chi connectivity index (χ0v) is 13.4. The topological polar surface area (TPSA) is 84.2 Å². The van der Waals surface area contributed by atoms with E-state index in [0.717, 1.165) is 11.1 Å². The minimum absolute atomic E-state index is 0.0848. The molecule has 0 saturated carbocycles. The molecule has 0 aliphatic carbocycles. The van der Waals surface area contributed by atoms with Crippen molar-refractivity contribution in [1.29, 1.82) is 0 Å². The number of benzene rings is 2. The van der Waals surface area contributed by atoms with Crippen molar-refractivity contribution >= 4 is 16.8 Å². The average Bonchev–Trinajstić information content (AvgIpc) is 2.59. The molecule has 0 aliphatic rings. The van der Waals surface area contributed by atoms with Crippen molar-refractivity contribution in [3.05, 3.63) is 75.3 Å². The van der Waals surface area contributed by atoms with E-state index >= 15 is 0 Å². The molecule has 0 saturated heterocycles. The number of carbonyl (C=O) groups is 1. The molecule has 2 N–H and O–H groups in total. The monoisotopic (exact) mass is 323 g/mol. The lowest BCUT2D eigenvalue weighted by atomic mass is 10.1. The molecule has 1 aromatic heterocycles. The molecule has 122 valence electrons. The van der Waals surface area contributed by atoms with Gasteiger partial charge in [-0.1, -0.05) is 23.8 Å². The summed E-state index contributed by atoms with van der Waals surface area (Å²) in [6.07, 6.45) is 0. The van der Waals surface area contributed by atoms with Crippen LogP contribution in [0.1, 0.15) is 27.3 Å². The average molecular weight is 323 g/mol. The minimum atomic E-state index is -0.572. The number of hydrogen-bond acceptors (Lipinski definition) is 4. The van der Waals surface area contributed by atoms with Gasteiger partial charge in [-0.15, -0.1) is 0 Å². The molecule has 0 spiro atoms. The number of aromatic nitrogens is 2. The summed E-state index contributed by atoms with van der Waals surface area (Å²) in [6.45, 7) is 4.10. The SMILES string of the molecule is Cc1ccc2nc(C)n(Cc3ccc(C(=O)NO)cc3)c(=O)c2c1. The lowest BCUT2D eigenvalue weighted by Gasteiger charge is -2.11. The number of aryl methyl sites for hydroxylation is 2. The molecule has 24 heavy (non-hydrogen) atoms. The Bertz CT molecular complexity index is 975. The van der Waals surface area contributed by atoms with Crippen LogP contribution in [0.3, 0.4) is 0 Å². The smallest absolute Gasteiger partial charge is 0.274 e. The zero-order valence-electron chi connectivity index (χ0n) is 13.4. The Morgan fingerprint density at radius 3 is 2.54 bits per heavy atom. The lowest BCUT2D eigenvalue weighted by Crippen LogP contribution is -2.24. The van der Waals surface area contributed by atoms with Crippen molar-refractivity contribution in [2.24, 2.45) is 0 Å². The second-order valence-electron chi connectivity index (χ2n) is 5.71. The maximum atomic E-state index is 12.8. The highest BCUT2D eigenvalue weighted by Crippen LogP contribution is 2.12. The normalized spacial score (nSPS) is 10.8. The van der Waals surface area contributed by atoms with Crippen LogP contribution in [0.25, 0.3) is 10.9 Å². The largest absolute Gasteiger partial charge is 0.292 e. The molecule has 6 heteroatoms. The molecule has 0 aliphatic heterocycles. The van der Waals surface area contributed by atoms with E-state index in [1.807, 2.05) is 25.1 Å². The molecular formula is C18H17N3O3. The van der Waals surface area contributed by atoms with Gasteiger partial charge in [-0.25, -0.2) is 10.5 Å².